The van der Waals surface area contributed by atoms with E-state index in [2.05, 4.69) is 16.8 Å². The van der Waals surface area contributed by atoms with Crippen molar-refractivity contribution < 1.29 is 18.3 Å². The van der Waals surface area contributed by atoms with E-state index in [0.717, 1.165) is 38.3 Å². The molecule has 116 valence electrons. The number of likely N-dealkylation sites (N-methyl/N-ethyl adjacent to an activating group) is 1. The minimum absolute atomic E-state index is 0.147. The van der Waals surface area contributed by atoms with E-state index in [-0.39, 0.29) is 12.3 Å². The van der Waals surface area contributed by atoms with Crippen LogP contribution in [0.25, 0.3) is 0 Å². The summed E-state index contributed by atoms with van der Waals surface area (Å²) in [5, 5.41) is 0. The SMILES string of the molecule is CN1CCN(CCOC(=O)c2cc(F)c(N)cc2F)CC1. The molecule has 0 amide bonds. The highest BCUT2D eigenvalue weighted by Gasteiger charge is 2.18. The van der Waals surface area contributed by atoms with Gasteiger partial charge < -0.3 is 15.4 Å². The Kier molecular flexibility index (Phi) is 5.08. The molecule has 2 rings (SSSR count). The van der Waals surface area contributed by atoms with Crippen molar-refractivity contribution >= 4 is 11.7 Å². The van der Waals surface area contributed by atoms with Crippen LogP contribution in [0.5, 0.6) is 0 Å². The summed E-state index contributed by atoms with van der Waals surface area (Å²) in [6.45, 7) is 4.46. The van der Waals surface area contributed by atoms with Crippen LogP contribution < -0.4 is 5.73 Å². The third kappa shape index (κ3) is 4.12. The molecule has 0 spiro atoms. The standard InChI is InChI=1S/C14H19F2N3O2/c1-18-2-4-19(5-3-18)6-7-21-14(20)10-8-12(16)13(17)9-11(10)15/h8-9H,2-7,17H2,1H3. The maximum atomic E-state index is 13.5. The van der Waals surface area contributed by atoms with Crippen molar-refractivity contribution in [3.63, 3.8) is 0 Å². The van der Waals surface area contributed by atoms with Crippen molar-refractivity contribution in [3.8, 4) is 0 Å². The first-order valence-corrected chi connectivity index (χ1v) is 6.80. The number of nitrogens with two attached hydrogens (primary N) is 1. The Morgan fingerprint density at radius 1 is 1.24 bits per heavy atom. The minimum atomic E-state index is -0.876. The average molecular weight is 299 g/mol. The number of hydrogen-bond acceptors (Lipinski definition) is 5. The zero-order valence-electron chi connectivity index (χ0n) is 11.9. The molecule has 0 radical (unpaired) electrons. The molecule has 1 aliphatic rings. The van der Waals surface area contributed by atoms with E-state index in [0.29, 0.717) is 6.54 Å². The summed E-state index contributed by atoms with van der Waals surface area (Å²) in [6.07, 6.45) is 0. The molecule has 0 unspecified atom stereocenters. The van der Waals surface area contributed by atoms with Crippen LogP contribution >= 0.6 is 0 Å². The maximum Gasteiger partial charge on any atom is 0.341 e. The monoisotopic (exact) mass is 299 g/mol. The number of piperazine rings is 1. The van der Waals surface area contributed by atoms with Crippen LogP contribution in [-0.4, -0.2) is 62.1 Å². The Hall–Kier alpha value is -1.73. The number of esters is 1. The van der Waals surface area contributed by atoms with Crippen molar-refractivity contribution in [1.29, 1.82) is 0 Å². The predicted octanol–water partition coefficient (Wildman–Crippen LogP) is 0.951. The summed E-state index contributed by atoms with van der Waals surface area (Å²) in [7, 11) is 2.05. The van der Waals surface area contributed by atoms with Crippen LogP contribution in [0.4, 0.5) is 14.5 Å². The van der Waals surface area contributed by atoms with Gasteiger partial charge in [-0.2, -0.15) is 0 Å². The second-order valence-corrected chi connectivity index (χ2v) is 5.13. The molecule has 0 atom stereocenters. The molecule has 7 heteroatoms. The van der Waals surface area contributed by atoms with E-state index in [1.165, 1.54) is 0 Å². The van der Waals surface area contributed by atoms with Gasteiger partial charge in [-0.25, -0.2) is 13.6 Å². The second-order valence-electron chi connectivity index (χ2n) is 5.13. The van der Waals surface area contributed by atoms with Crippen LogP contribution in [0, 0.1) is 11.6 Å². The van der Waals surface area contributed by atoms with Gasteiger partial charge in [-0.15, -0.1) is 0 Å². The van der Waals surface area contributed by atoms with Gasteiger partial charge in [-0.3, -0.25) is 4.90 Å². The molecule has 1 saturated heterocycles. The molecule has 5 nitrogen and oxygen atoms in total. The van der Waals surface area contributed by atoms with E-state index < -0.39 is 23.2 Å². The van der Waals surface area contributed by atoms with Gasteiger partial charge in [0.15, 0.2) is 0 Å². The van der Waals surface area contributed by atoms with Gasteiger partial charge in [0.25, 0.3) is 0 Å². The highest BCUT2D eigenvalue weighted by Crippen LogP contribution is 2.17. The summed E-state index contributed by atoms with van der Waals surface area (Å²) in [5.41, 5.74) is 4.46. The maximum absolute atomic E-state index is 13.5. The highest BCUT2D eigenvalue weighted by atomic mass is 19.1. The van der Waals surface area contributed by atoms with Crippen molar-refractivity contribution in [2.24, 2.45) is 0 Å². The van der Waals surface area contributed by atoms with Crippen LogP contribution in [0.15, 0.2) is 12.1 Å². The van der Waals surface area contributed by atoms with Gasteiger partial charge in [0.2, 0.25) is 0 Å². The van der Waals surface area contributed by atoms with E-state index in [9.17, 15) is 13.6 Å². The van der Waals surface area contributed by atoms with Crippen molar-refractivity contribution in [1.82, 2.24) is 9.80 Å². The molecular weight excluding hydrogens is 280 g/mol. The highest BCUT2D eigenvalue weighted by molar-refractivity contribution is 5.90. The smallest absolute Gasteiger partial charge is 0.341 e. The van der Waals surface area contributed by atoms with Crippen LogP contribution in [0.2, 0.25) is 0 Å². The molecule has 0 saturated carbocycles. The number of anilines is 1. The first-order valence-electron chi connectivity index (χ1n) is 6.80. The lowest BCUT2D eigenvalue weighted by Gasteiger charge is -2.32. The lowest BCUT2D eigenvalue weighted by atomic mass is 10.2. The summed E-state index contributed by atoms with van der Waals surface area (Å²) in [6, 6.07) is 1.55. The van der Waals surface area contributed by atoms with Gasteiger partial charge in [0.05, 0.1) is 11.3 Å². The van der Waals surface area contributed by atoms with E-state index in [1.807, 2.05) is 0 Å². The number of hydrogen-bond donors (Lipinski definition) is 1. The number of carbonyl (C=O) groups excluding carboxylic acids is 1. The second kappa shape index (κ2) is 6.82. The minimum Gasteiger partial charge on any atom is -0.461 e. The Bertz CT molecular complexity index is 517. The summed E-state index contributed by atoms with van der Waals surface area (Å²) < 4.78 is 31.8. The largest absolute Gasteiger partial charge is 0.461 e. The Morgan fingerprint density at radius 2 is 1.90 bits per heavy atom. The summed E-state index contributed by atoms with van der Waals surface area (Å²) >= 11 is 0. The van der Waals surface area contributed by atoms with Gasteiger partial charge in [-0.05, 0) is 13.1 Å². The number of carbonyl (C=O) groups is 1. The van der Waals surface area contributed by atoms with Gasteiger partial charge in [-0.1, -0.05) is 0 Å². The predicted molar refractivity (Wildman–Crippen MR) is 75.0 cm³/mol. The lowest BCUT2D eigenvalue weighted by molar-refractivity contribution is 0.0427. The molecule has 1 heterocycles. The van der Waals surface area contributed by atoms with Crippen molar-refractivity contribution in [2.75, 3.05) is 52.1 Å². The molecule has 1 fully saturated rings. The lowest BCUT2D eigenvalue weighted by Crippen LogP contribution is -2.45. The van der Waals surface area contributed by atoms with Gasteiger partial charge >= 0.3 is 5.97 Å². The number of benzene rings is 1. The number of nitrogens with zero attached hydrogens (tertiary/aromatic N) is 2. The summed E-state index contributed by atoms with van der Waals surface area (Å²) in [5.74, 6) is -2.58. The van der Waals surface area contributed by atoms with E-state index >= 15 is 0 Å². The van der Waals surface area contributed by atoms with Crippen LogP contribution in [0.3, 0.4) is 0 Å². The molecule has 0 aliphatic carbocycles. The fourth-order valence-electron chi connectivity index (χ4n) is 2.14. The number of halogens is 2. The average Bonchev–Trinajstić information content (AvgIpc) is 2.45. The number of nitrogen functional groups attached to an aromatic ring is 1. The van der Waals surface area contributed by atoms with Crippen LogP contribution in [0.1, 0.15) is 10.4 Å². The Balaban J connectivity index is 1.83. The number of ether oxygens (including phenoxy) is 1. The molecular formula is C14H19F2N3O2. The molecule has 21 heavy (non-hydrogen) atoms. The molecule has 1 aliphatic heterocycles. The molecule has 1 aromatic rings. The molecule has 1 aromatic carbocycles. The zero-order chi connectivity index (χ0) is 15.4. The quantitative estimate of drug-likeness (QED) is 0.663. The topological polar surface area (TPSA) is 58.8 Å². The van der Waals surface area contributed by atoms with E-state index in [1.54, 1.807) is 0 Å². The fraction of sp³-hybridized carbons (Fsp3) is 0.500. The number of rotatable bonds is 4. The Morgan fingerprint density at radius 3 is 2.57 bits per heavy atom. The van der Waals surface area contributed by atoms with Crippen molar-refractivity contribution in [3.05, 3.63) is 29.3 Å². The zero-order valence-corrected chi connectivity index (χ0v) is 11.9. The Labute approximate surface area is 122 Å². The normalized spacial score (nSPS) is 16.9. The third-order valence-corrected chi connectivity index (χ3v) is 3.54. The molecule has 0 bridgehead atoms. The van der Waals surface area contributed by atoms with Gasteiger partial charge in [0.1, 0.15) is 18.2 Å². The first-order chi connectivity index (χ1) is 9.97. The van der Waals surface area contributed by atoms with E-state index in [4.69, 9.17) is 10.5 Å². The molecule has 2 N–H and O–H groups in total. The van der Waals surface area contributed by atoms with Gasteiger partial charge in [0, 0.05) is 38.8 Å². The molecule has 0 aromatic heterocycles. The summed E-state index contributed by atoms with van der Waals surface area (Å²) in [4.78, 5) is 16.1. The van der Waals surface area contributed by atoms with Crippen LogP contribution in [-0.2, 0) is 4.74 Å². The van der Waals surface area contributed by atoms with Crippen molar-refractivity contribution in [2.45, 2.75) is 0 Å². The fourth-order valence-corrected chi connectivity index (χ4v) is 2.14. The third-order valence-electron chi connectivity index (χ3n) is 3.54. The first kappa shape index (κ1) is 15.7.